The van der Waals surface area contributed by atoms with Gasteiger partial charge < -0.3 is 5.73 Å². The maximum atomic E-state index is 13.0. The minimum atomic E-state index is -3.01. The monoisotopic (exact) mass is 189 g/mol. The van der Waals surface area contributed by atoms with Gasteiger partial charge in [0, 0.05) is 24.6 Å². The molecule has 2 N–H and O–H groups in total. The zero-order chi connectivity index (χ0) is 10.1. The predicted molar refractivity (Wildman–Crippen MR) is 43.9 cm³/mol. The van der Waals surface area contributed by atoms with Gasteiger partial charge >= 0.3 is 0 Å². The van der Waals surface area contributed by atoms with Crippen molar-refractivity contribution < 1.29 is 13.2 Å². The fraction of sp³-hybridized carbons (Fsp3) is 0.333. The first-order valence-corrected chi connectivity index (χ1v) is 3.82. The van der Waals surface area contributed by atoms with Crippen LogP contribution in [-0.2, 0) is 12.5 Å². The molecule has 1 rings (SSSR count). The molecule has 0 aliphatic carbocycles. The third-order valence-corrected chi connectivity index (χ3v) is 1.78. The fourth-order valence-corrected chi connectivity index (χ4v) is 0.986. The molecule has 0 aliphatic heterocycles. The van der Waals surface area contributed by atoms with Crippen LogP contribution >= 0.6 is 0 Å². The molecule has 0 radical (unpaired) electrons. The second-order valence-corrected chi connectivity index (χ2v) is 2.90. The van der Waals surface area contributed by atoms with Crippen molar-refractivity contribution in [1.29, 1.82) is 0 Å². The Hall–Kier alpha value is -1.03. The number of hydrogen-bond acceptors (Lipinski definition) is 1. The van der Waals surface area contributed by atoms with Crippen LogP contribution in [0.1, 0.15) is 18.1 Å². The lowest BCUT2D eigenvalue weighted by Gasteiger charge is -2.11. The summed E-state index contributed by atoms with van der Waals surface area (Å²) in [4.78, 5) is 0. The molecule has 0 bridgehead atoms. The van der Waals surface area contributed by atoms with Gasteiger partial charge in [0.25, 0.3) is 5.92 Å². The molecule has 0 heterocycles. The maximum absolute atomic E-state index is 13.0. The van der Waals surface area contributed by atoms with Gasteiger partial charge in [-0.25, -0.2) is 13.2 Å². The van der Waals surface area contributed by atoms with E-state index in [0.29, 0.717) is 0 Å². The zero-order valence-corrected chi connectivity index (χ0v) is 7.15. The Morgan fingerprint density at radius 3 is 2.38 bits per heavy atom. The maximum Gasteiger partial charge on any atom is 0.270 e. The summed E-state index contributed by atoms with van der Waals surface area (Å²) in [6.07, 6.45) is 0. The molecule has 1 aromatic rings. The van der Waals surface area contributed by atoms with Crippen molar-refractivity contribution in [2.24, 2.45) is 5.73 Å². The summed E-state index contributed by atoms with van der Waals surface area (Å²) in [7, 11) is 0. The van der Waals surface area contributed by atoms with Gasteiger partial charge in [-0.2, -0.15) is 0 Å². The van der Waals surface area contributed by atoms with Crippen LogP contribution in [0.2, 0.25) is 0 Å². The van der Waals surface area contributed by atoms with Crippen LogP contribution in [0.15, 0.2) is 18.2 Å². The van der Waals surface area contributed by atoms with E-state index in [9.17, 15) is 13.2 Å². The van der Waals surface area contributed by atoms with Gasteiger partial charge in [-0.05, 0) is 6.07 Å². The molecule has 0 fully saturated rings. The van der Waals surface area contributed by atoms with Crippen LogP contribution in [0, 0.1) is 5.82 Å². The lowest BCUT2D eigenvalue weighted by atomic mass is 10.1. The molecule has 0 saturated carbocycles. The Labute approximate surface area is 74.4 Å². The second-order valence-electron chi connectivity index (χ2n) is 2.90. The molecular weight excluding hydrogens is 179 g/mol. The minimum Gasteiger partial charge on any atom is -0.326 e. The van der Waals surface area contributed by atoms with Gasteiger partial charge in [-0.1, -0.05) is 12.1 Å². The van der Waals surface area contributed by atoms with Crippen LogP contribution in [0.4, 0.5) is 13.2 Å². The van der Waals surface area contributed by atoms with E-state index in [-0.39, 0.29) is 17.7 Å². The number of halogens is 3. The Kier molecular flexibility index (Phi) is 2.61. The van der Waals surface area contributed by atoms with Crippen molar-refractivity contribution >= 4 is 0 Å². The zero-order valence-electron chi connectivity index (χ0n) is 7.15. The summed E-state index contributed by atoms with van der Waals surface area (Å²) in [6.45, 7) is 0.741. The summed E-state index contributed by atoms with van der Waals surface area (Å²) in [5.74, 6) is -3.69. The Balaban J connectivity index is 3.10. The lowest BCUT2D eigenvalue weighted by molar-refractivity contribution is 0.0171. The average Bonchev–Trinajstić information content (AvgIpc) is 2.02. The van der Waals surface area contributed by atoms with Crippen molar-refractivity contribution in [1.82, 2.24) is 0 Å². The Bertz CT molecular complexity index is 304. The van der Waals surface area contributed by atoms with Crippen LogP contribution in [-0.4, -0.2) is 0 Å². The van der Waals surface area contributed by atoms with E-state index in [1.807, 2.05) is 0 Å². The molecule has 1 nitrogen and oxygen atoms in total. The summed E-state index contributed by atoms with van der Waals surface area (Å²) in [5, 5.41) is 0. The number of rotatable bonds is 2. The second kappa shape index (κ2) is 3.38. The van der Waals surface area contributed by atoms with Crippen LogP contribution in [0.25, 0.3) is 0 Å². The van der Waals surface area contributed by atoms with Gasteiger partial charge in [-0.15, -0.1) is 0 Å². The first-order valence-electron chi connectivity index (χ1n) is 3.82. The molecule has 13 heavy (non-hydrogen) atoms. The molecule has 0 aromatic heterocycles. The number of hydrogen-bond donors (Lipinski definition) is 1. The molecule has 1 aromatic carbocycles. The molecule has 0 aliphatic rings. The van der Waals surface area contributed by atoms with E-state index in [0.717, 1.165) is 13.0 Å². The standard InChI is InChI=1S/C9H10F3N/c1-9(11,12)7-3-2-6(5-13)8(10)4-7/h2-4H,5,13H2,1H3. The van der Waals surface area contributed by atoms with Crippen LogP contribution < -0.4 is 5.73 Å². The summed E-state index contributed by atoms with van der Waals surface area (Å²) in [5.41, 5.74) is 5.09. The van der Waals surface area contributed by atoms with E-state index in [4.69, 9.17) is 5.73 Å². The minimum absolute atomic E-state index is 0.0153. The van der Waals surface area contributed by atoms with Gasteiger partial charge in [0.2, 0.25) is 0 Å². The van der Waals surface area contributed by atoms with Crippen LogP contribution in [0.5, 0.6) is 0 Å². The SMILES string of the molecule is CC(F)(F)c1ccc(CN)c(F)c1. The molecule has 0 spiro atoms. The highest BCUT2D eigenvalue weighted by molar-refractivity contribution is 5.26. The quantitative estimate of drug-likeness (QED) is 0.759. The number of benzene rings is 1. The highest BCUT2D eigenvalue weighted by Crippen LogP contribution is 2.27. The summed E-state index contributed by atoms with van der Waals surface area (Å²) in [6, 6.07) is 3.29. The number of alkyl halides is 2. The topological polar surface area (TPSA) is 26.0 Å². The fourth-order valence-electron chi connectivity index (χ4n) is 0.986. The smallest absolute Gasteiger partial charge is 0.270 e. The molecule has 0 atom stereocenters. The summed E-state index contributed by atoms with van der Waals surface area (Å²) < 4.78 is 38.3. The highest BCUT2D eigenvalue weighted by atomic mass is 19.3. The third kappa shape index (κ3) is 2.21. The molecule has 0 unspecified atom stereocenters. The molecular formula is C9H10F3N. The first kappa shape index (κ1) is 10.1. The normalized spacial score (nSPS) is 11.8. The van der Waals surface area contributed by atoms with E-state index in [1.165, 1.54) is 12.1 Å². The Morgan fingerprint density at radius 1 is 1.38 bits per heavy atom. The largest absolute Gasteiger partial charge is 0.326 e. The van der Waals surface area contributed by atoms with Gasteiger partial charge in [-0.3, -0.25) is 0 Å². The van der Waals surface area contributed by atoms with Gasteiger partial charge in [0.05, 0.1) is 0 Å². The lowest BCUT2D eigenvalue weighted by Crippen LogP contribution is -2.09. The highest BCUT2D eigenvalue weighted by Gasteiger charge is 2.24. The van der Waals surface area contributed by atoms with Crippen LogP contribution in [0.3, 0.4) is 0 Å². The predicted octanol–water partition coefficient (Wildman–Crippen LogP) is 2.40. The van der Waals surface area contributed by atoms with Crippen molar-refractivity contribution in [3.8, 4) is 0 Å². The number of nitrogens with two attached hydrogens (primary N) is 1. The van der Waals surface area contributed by atoms with Gasteiger partial charge in [0.1, 0.15) is 5.82 Å². The van der Waals surface area contributed by atoms with E-state index >= 15 is 0 Å². The molecule has 72 valence electrons. The van der Waals surface area contributed by atoms with Crippen molar-refractivity contribution in [3.05, 3.63) is 35.1 Å². The molecule has 0 amide bonds. The average molecular weight is 189 g/mol. The molecule has 4 heteroatoms. The first-order chi connectivity index (χ1) is 5.95. The van der Waals surface area contributed by atoms with Gasteiger partial charge in [0.15, 0.2) is 0 Å². The summed E-state index contributed by atoms with van der Waals surface area (Å²) >= 11 is 0. The third-order valence-electron chi connectivity index (χ3n) is 1.78. The molecule has 0 saturated heterocycles. The Morgan fingerprint density at radius 2 is 2.00 bits per heavy atom. The van der Waals surface area contributed by atoms with E-state index in [1.54, 1.807) is 0 Å². The van der Waals surface area contributed by atoms with Crippen molar-refractivity contribution in [3.63, 3.8) is 0 Å². The van der Waals surface area contributed by atoms with Crippen molar-refractivity contribution in [2.45, 2.75) is 19.4 Å². The van der Waals surface area contributed by atoms with E-state index < -0.39 is 11.7 Å². The van der Waals surface area contributed by atoms with E-state index in [2.05, 4.69) is 0 Å². The van der Waals surface area contributed by atoms with Crippen molar-refractivity contribution in [2.75, 3.05) is 0 Å².